The molecule has 168 valence electrons. The quantitative estimate of drug-likeness (QED) is 0.379. The molecule has 0 radical (unpaired) electrons. The number of carboxylic acids is 1. The summed E-state index contributed by atoms with van der Waals surface area (Å²) in [4.78, 5) is 38.2. The minimum Gasteiger partial charge on any atom is -0.477 e. The van der Waals surface area contributed by atoms with Crippen LogP contribution in [0.4, 0.5) is 4.79 Å². The number of carboxylic acid groups (broad SMARTS) is 1. The number of hydrogen-bond donors (Lipinski definition) is 3. The van der Waals surface area contributed by atoms with E-state index in [0.717, 1.165) is 5.56 Å². The molecule has 0 aliphatic carbocycles. The van der Waals surface area contributed by atoms with Gasteiger partial charge < -0.3 is 15.7 Å². The first kappa shape index (κ1) is 22.4. The van der Waals surface area contributed by atoms with Crippen LogP contribution in [0.5, 0.6) is 0 Å². The lowest BCUT2D eigenvalue weighted by atomic mass is 10.0. The number of amides is 3. The second-order valence-electron chi connectivity index (χ2n) is 6.94. The Morgan fingerprint density at radius 1 is 1.38 bits per heavy atom. The number of aromatic nitrogens is 4. The summed E-state index contributed by atoms with van der Waals surface area (Å²) in [5, 5.41) is 26.8. The maximum atomic E-state index is 12.7. The Morgan fingerprint density at radius 2 is 2.16 bits per heavy atom. The molecule has 0 bridgehead atoms. The summed E-state index contributed by atoms with van der Waals surface area (Å²) in [5.74, 6) is -0.906. The third-order valence-corrected chi connectivity index (χ3v) is 7.70. The lowest BCUT2D eigenvalue weighted by Crippen LogP contribution is -2.71. The number of nitrogens with zero attached hydrogens (tertiary/aromatic N) is 5. The van der Waals surface area contributed by atoms with Gasteiger partial charge in [0, 0.05) is 30.1 Å². The molecule has 4 rings (SSSR count). The highest BCUT2D eigenvalue weighted by atomic mass is 35.5. The van der Waals surface area contributed by atoms with Gasteiger partial charge in [0.25, 0.3) is 5.91 Å². The lowest BCUT2D eigenvalue weighted by molar-refractivity contribution is -0.148. The molecule has 3 amide bonds. The SMILES string of the molecule is Cn1nnnc1SCC1=C(C(=O)O)N2C(=O)C(NC(=O)NCc3ccccc3Cl)[C@H]2SC1. The number of fused-ring (bicyclic) bond motifs is 1. The van der Waals surface area contributed by atoms with Gasteiger partial charge in [-0.1, -0.05) is 41.6 Å². The van der Waals surface area contributed by atoms with Gasteiger partial charge in [-0.3, -0.25) is 9.69 Å². The normalized spacial score (nSPS) is 19.9. The second-order valence-corrected chi connectivity index (χ2v) is 9.39. The average molecular weight is 496 g/mol. The van der Waals surface area contributed by atoms with Crippen LogP contribution < -0.4 is 10.6 Å². The number of carbonyl (C=O) groups is 3. The number of thioether (sulfide) groups is 2. The standard InChI is InChI=1S/C18H18ClN7O4S2/c1-25-18(22-23-24-25)32-8-10-7-31-15-12(14(27)26(15)13(10)16(28)29)21-17(30)20-6-9-4-2-3-5-11(9)19/h2-5,12,15H,6-8H2,1H3,(H,28,29)(H2,20,21,30)/t12?,15-/m1/s1. The van der Waals surface area contributed by atoms with E-state index in [1.165, 1.54) is 33.1 Å². The summed E-state index contributed by atoms with van der Waals surface area (Å²) in [6.45, 7) is 0.201. The van der Waals surface area contributed by atoms with Crippen molar-refractivity contribution in [3.63, 3.8) is 0 Å². The van der Waals surface area contributed by atoms with Crippen LogP contribution in [0.15, 0.2) is 40.7 Å². The third-order valence-electron chi connectivity index (χ3n) is 4.89. The Balaban J connectivity index is 1.39. The minimum atomic E-state index is -1.18. The van der Waals surface area contributed by atoms with Crippen molar-refractivity contribution in [3.8, 4) is 0 Å². The fourth-order valence-corrected chi connectivity index (χ4v) is 5.84. The third kappa shape index (κ3) is 4.40. The molecule has 2 aliphatic heterocycles. The molecule has 2 aliphatic rings. The van der Waals surface area contributed by atoms with Gasteiger partial charge >= 0.3 is 12.0 Å². The van der Waals surface area contributed by atoms with Gasteiger partial charge in [-0.2, -0.15) is 0 Å². The molecule has 2 aromatic rings. The minimum absolute atomic E-state index is 0.0455. The zero-order valence-corrected chi connectivity index (χ0v) is 19.1. The number of urea groups is 1. The molecule has 1 aromatic heterocycles. The van der Waals surface area contributed by atoms with Crippen LogP contribution >= 0.6 is 35.1 Å². The van der Waals surface area contributed by atoms with Gasteiger partial charge in [0.15, 0.2) is 0 Å². The van der Waals surface area contributed by atoms with Crippen LogP contribution in [0.2, 0.25) is 5.02 Å². The summed E-state index contributed by atoms with van der Waals surface area (Å²) in [6, 6.07) is 5.77. The summed E-state index contributed by atoms with van der Waals surface area (Å²) >= 11 is 8.78. The van der Waals surface area contributed by atoms with Gasteiger partial charge in [0.2, 0.25) is 5.16 Å². The number of rotatable bonds is 7. The maximum absolute atomic E-state index is 12.7. The number of aryl methyl sites for hydroxylation is 1. The Bertz CT molecular complexity index is 1110. The van der Waals surface area contributed by atoms with E-state index in [9.17, 15) is 19.5 Å². The predicted octanol–water partition coefficient (Wildman–Crippen LogP) is 1.08. The highest BCUT2D eigenvalue weighted by molar-refractivity contribution is 8.01. The number of hydrogen-bond acceptors (Lipinski definition) is 8. The zero-order chi connectivity index (χ0) is 22.8. The first-order valence-corrected chi connectivity index (χ1v) is 11.8. The van der Waals surface area contributed by atoms with E-state index in [1.807, 2.05) is 6.07 Å². The molecule has 32 heavy (non-hydrogen) atoms. The Hall–Kier alpha value is -2.77. The van der Waals surface area contributed by atoms with E-state index in [2.05, 4.69) is 26.2 Å². The second kappa shape index (κ2) is 9.38. The Labute approximate surface area is 195 Å². The molecule has 3 heterocycles. The largest absolute Gasteiger partial charge is 0.477 e. The van der Waals surface area contributed by atoms with E-state index in [-0.39, 0.29) is 12.2 Å². The van der Waals surface area contributed by atoms with Crippen LogP contribution in [0.3, 0.4) is 0 Å². The molecule has 14 heteroatoms. The van der Waals surface area contributed by atoms with Crippen LogP contribution in [-0.4, -0.2) is 71.0 Å². The number of tetrazole rings is 1. The number of β-lactam (4-membered cyclic amide) rings is 1. The first-order chi connectivity index (χ1) is 15.4. The van der Waals surface area contributed by atoms with Crippen molar-refractivity contribution in [1.29, 1.82) is 0 Å². The van der Waals surface area contributed by atoms with E-state index < -0.39 is 29.3 Å². The van der Waals surface area contributed by atoms with E-state index >= 15 is 0 Å². The molecule has 1 fully saturated rings. The molecule has 3 N–H and O–H groups in total. The average Bonchev–Trinajstić information content (AvgIpc) is 3.19. The Kier molecular flexibility index (Phi) is 6.58. The van der Waals surface area contributed by atoms with Crippen LogP contribution in [0.1, 0.15) is 5.56 Å². The Morgan fingerprint density at radius 3 is 2.84 bits per heavy atom. The molecule has 0 saturated carbocycles. The van der Waals surface area contributed by atoms with Gasteiger partial charge in [-0.25, -0.2) is 14.3 Å². The number of benzene rings is 1. The summed E-state index contributed by atoms with van der Waals surface area (Å²) < 4.78 is 1.49. The van der Waals surface area contributed by atoms with Crippen molar-refractivity contribution in [1.82, 2.24) is 35.7 Å². The summed E-state index contributed by atoms with van der Waals surface area (Å²) in [7, 11) is 1.69. The predicted molar refractivity (Wildman–Crippen MR) is 118 cm³/mol. The van der Waals surface area contributed by atoms with Crippen molar-refractivity contribution < 1.29 is 19.5 Å². The topological polar surface area (TPSA) is 142 Å². The highest BCUT2D eigenvalue weighted by Crippen LogP contribution is 2.41. The van der Waals surface area contributed by atoms with E-state index in [1.54, 1.807) is 25.2 Å². The van der Waals surface area contributed by atoms with E-state index in [0.29, 0.717) is 27.3 Å². The van der Waals surface area contributed by atoms with Crippen molar-refractivity contribution in [3.05, 3.63) is 46.1 Å². The van der Waals surface area contributed by atoms with Crippen molar-refractivity contribution >= 4 is 53.0 Å². The van der Waals surface area contributed by atoms with Crippen molar-refractivity contribution in [2.45, 2.75) is 23.1 Å². The van der Waals surface area contributed by atoms with Crippen molar-refractivity contribution in [2.75, 3.05) is 11.5 Å². The molecular weight excluding hydrogens is 478 g/mol. The summed E-state index contributed by atoms with van der Waals surface area (Å²) in [6.07, 6.45) is 0. The molecule has 11 nitrogen and oxygen atoms in total. The van der Waals surface area contributed by atoms with Gasteiger partial charge in [-0.15, -0.1) is 16.9 Å². The molecule has 0 spiro atoms. The van der Waals surface area contributed by atoms with E-state index in [4.69, 9.17) is 11.6 Å². The number of carbonyl (C=O) groups excluding carboxylic acids is 2. The fraction of sp³-hybridized carbons (Fsp3) is 0.333. The number of aliphatic carboxylic acids is 1. The zero-order valence-electron chi connectivity index (χ0n) is 16.7. The molecule has 1 saturated heterocycles. The fourth-order valence-electron chi connectivity index (χ4n) is 3.30. The van der Waals surface area contributed by atoms with Crippen LogP contribution in [-0.2, 0) is 23.2 Å². The van der Waals surface area contributed by atoms with Crippen LogP contribution in [0, 0.1) is 0 Å². The first-order valence-electron chi connectivity index (χ1n) is 9.39. The molecule has 1 unspecified atom stereocenters. The van der Waals surface area contributed by atoms with Gasteiger partial charge in [0.05, 0.1) is 0 Å². The van der Waals surface area contributed by atoms with Crippen molar-refractivity contribution in [2.24, 2.45) is 7.05 Å². The van der Waals surface area contributed by atoms with Crippen LogP contribution in [0.25, 0.3) is 0 Å². The molecular formula is C18H18ClN7O4S2. The molecule has 1 aromatic carbocycles. The monoisotopic (exact) mass is 495 g/mol. The number of nitrogens with one attached hydrogen (secondary N) is 2. The maximum Gasteiger partial charge on any atom is 0.352 e. The van der Waals surface area contributed by atoms with Gasteiger partial charge in [-0.05, 0) is 27.6 Å². The molecule has 2 atom stereocenters. The smallest absolute Gasteiger partial charge is 0.352 e. The number of halogens is 1. The lowest BCUT2D eigenvalue weighted by Gasteiger charge is -2.49. The summed E-state index contributed by atoms with van der Waals surface area (Å²) in [5.41, 5.74) is 1.30. The highest BCUT2D eigenvalue weighted by Gasteiger charge is 2.54. The van der Waals surface area contributed by atoms with Gasteiger partial charge in [0.1, 0.15) is 17.1 Å².